The molecule has 1 rings (SSSR count). The Hall–Kier alpha value is -0.0900. The molecule has 13 heavy (non-hydrogen) atoms. The van der Waals surface area contributed by atoms with E-state index in [4.69, 9.17) is 0 Å². The van der Waals surface area contributed by atoms with Crippen molar-refractivity contribution in [1.82, 2.24) is 4.72 Å². The molecule has 0 aromatic carbocycles. The van der Waals surface area contributed by atoms with Gasteiger partial charge in [0.25, 0.3) is 0 Å². The highest BCUT2D eigenvalue weighted by molar-refractivity contribution is 7.88. The Bertz CT molecular complexity index is 253. The summed E-state index contributed by atoms with van der Waals surface area (Å²) in [5, 5.41) is 0. The molecule has 0 spiro atoms. The summed E-state index contributed by atoms with van der Waals surface area (Å²) in [7, 11) is -3.01. The van der Waals surface area contributed by atoms with Crippen molar-refractivity contribution in [1.29, 1.82) is 0 Å². The van der Waals surface area contributed by atoms with Gasteiger partial charge in [-0.05, 0) is 18.3 Å². The molecule has 0 aromatic rings. The van der Waals surface area contributed by atoms with E-state index in [-0.39, 0.29) is 5.41 Å². The molecule has 0 amide bonds. The number of rotatable bonds is 3. The van der Waals surface area contributed by atoms with Crippen LogP contribution in [0.4, 0.5) is 0 Å². The fourth-order valence-electron chi connectivity index (χ4n) is 1.89. The van der Waals surface area contributed by atoms with Crippen molar-refractivity contribution >= 4 is 10.0 Å². The van der Waals surface area contributed by atoms with Gasteiger partial charge in [-0.2, -0.15) is 0 Å². The summed E-state index contributed by atoms with van der Waals surface area (Å²) in [5.74, 6) is 0. The lowest BCUT2D eigenvalue weighted by atomic mass is 9.76. The van der Waals surface area contributed by atoms with E-state index in [0.717, 1.165) is 12.8 Å². The zero-order valence-electron chi connectivity index (χ0n) is 8.47. The molecule has 1 fully saturated rings. The highest BCUT2D eigenvalue weighted by Crippen LogP contribution is 2.34. The van der Waals surface area contributed by atoms with Crippen molar-refractivity contribution in [2.45, 2.75) is 39.0 Å². The summed E-state index contributed by atoms with van der Waals surface area (Å²) < 4.78 is 24.4. The van der Waals surface area contributed by atoms with Crippen LogP contribution < -0.4 is 4.72 Å². The summed E-state index contributed by atoms with van der Waals surface area (Å²) >= 11 is 0. The van der Waals surface area contributed by atoms with Crippen LogP contribution in [0.15, 0.2) is 0 Å². The lowest BCUT2D eigenvalue weighted by Crippen LogP contribution is -2.36. The fraction of sp³-hybridized carbons (Fsp3) is 1.00. The highest BCUT2D eigenvalue weighted by atomic mass is 32.2. The Balaban J connectivity index is 2.42. The monoisotopic (exact) mass is 205 g/mol. The molecule has 78 valence electrons. The number of hydrogen-bond acceptors (Lipinski definition) is 2. The normalized spacial score (nSPS) is 22.9. The maximum Gasteiger partial charge on any atom is 0.208 e. The quantitative estimate of drug-likeness (QED) is 0.759. The molecular weight excluding hydrogens is 186 g/mol. The first kappa shape index (κ1) is 11.0. The van der Waals surface area contributed by atoms with Crippen molar-refractivity contribution in [3.63, 3.8) is 0 Å². The van der Waals surface area contributed by atoms with Crippen LogP contribution in [0.1, 0.15) is 39.0 Å². The molecule has 1 aliphatic carbocycles. The largest absolute Gasteiger partial charge is 0.215 e. The van der Waals surface area contributed by atoms with E-state index in [2.05, 4.69) is 11.6 Å². The molecular formula is C9H19NO2S. The molecule has 0 heterocycles. The number of sulfonamides is 1. The molecule has 0 saturated heterocycles. The topological polar surface area (TPSA) is 46.2 Å². The molecule has 0 atom stereocenters. The Morgan fingerprint density at radius 1 is 1.23 bits per heavy atom. The molecule has 0 aliphatic heterocycles. The van der Waals surface area contributed by atoms with Gasteiger partial charge in [0.1, 0.15) is 0 Å². The molecule has 3 nitrogen and oxygen atoms in total. The molecule has 0 bridgehead atoms. The third-order valence-corrected chi connectivity index (χ3v) is 3.49. The van der Waals surface area contributed by atoms with E-state index in [1.807, 2.05) is 0 Å². The first-order valence-electron chi connectivity index (χ1n) is 4.86. The second-order valence-electron chi connectivity index (χ2n) is 4.46. The summed E-state index contributed by atoms with van der Waals surface area (Å²) in [5.41, 5.74) is 0.196. The minimum atomic E-state index is -3.01. The van der Waals surface area contributed by atoms with Crippen LogP contribution in [0, 0.1) is 5.41 Å². The first-order chi connectivity index (χ1) is 5.91. The SMILES string of the molecule is CC1(CNS(C)(=O)=O)CCCCC1. The minimum absolute atomic E-state index is 0.196. The summed E-state index contributed by atoms with van der Waals surface area (Å²) in [6, 6.07) is 0. The zero-order chi connectivity index (χ0) is 9.95. The number of nitrogens with one attached hydrogen (secondary N) is 1. The van der Waals surface area contributed by atoms with Crippen LogP contribution in [-0.4, -0.2) is 21.2 Å². The lowest BCUT2D eigenvalue weighted by molar-refractivity contribution is 0.219. The molecule has 0 aromatic heterocycles. The second-order valence-corrected chi connectivity index (χ2v) is 6.30. The Kier molecular flexibility index (Phi) is 3.35. The smallest absolute Gasteiger partial charge is 0.208 e. The Labute approximate surface area is 81.0 Å². The van der Waals surface area contributed by atoms with Crippen LogP contribution in [0.25, 0.3) is 0 Å². The van der Waals surface area contributed by atoms with Crippen LogP contribution in [0.2, 0.25) is 0 Å². The van der Waals surface area contributed by atoms with Gasteiger partial charge in [0.15, 0.2) is 0 Å². The number of hydrogen-bond donors (Lipinski definition) is 1. The maximum absolute atomic E-state index is 10.9. The zero-order valence-corrected chi connectivity index (χ0v) is 9.28. The Morgan fingerprint density at radius 3 is 2.23 bits per heavy atom. The predicted octanol–water partition coefficient (Wildman–Crippen LogP) is 1.51. The predicted molar refractivity (Wildman–Crippen MR) is 54.0 cm³/mol. The van der Waals surface area contributed by atoms with Gasteiger partial charge >= 0.3 is 0 Å². The third-order valence-electron chi connectivity index (χ3n) is 2.82. The van der Waals surface area contributed by atoms with Gasteiger partial charge in [-0.1, -0.05) is 26.2 Å². The van der Waals surface area contributed by atoms with Gasteiger partial charge in [0.2, 0.25) is 10.0 Å². The van der Waals surface area contributed by atoms with E-state index in [9.17, 15) is 8.42 Å². The molecule has 1 aliphatic rings. The summed E-state index contributed by atoms with van der Waals surface area (Å²) in [6.45, 7) is 2.77. The fourth-order valence-corrected chi connectivity index (χ4v) is 2.50. The van der Waals surface area contributed by atoms with Gasteiger partial charge in [-0.15, -0.1) is 0 Å². The van der Waals surface area contributed by atoms with Crippen molar-refractivity contribution in [3.05, 3.63) is 0 Å². The standard InChI is InChI=1S/C9H19NO2S/c1-9(6-4-3-5-7-9)8-10-13(2,11)12/h10H,3-8H2,1-2H3. The van der Waals surface area contributed by atoms with Gasteiger partial charge < -0.3 is 0 Å². The van der Waals surface area contributed by atoms with Crippen LogP contribution in [-0.2, 0) is 10.0 Å². The first-order valence-corrected chi connectivity index (χ1v) is 6.75. The van der Waals surface area contributed by atoms with Crippen LogP contribution in [0.5, 0.6) is 0 Å². The molecule has 0 unspecified atom stereocenters. The lowest BCUT2D eigenvalue weighted by Gasteiger charge is -2.33. The second kappa shape index (κ2) is 3.96. The minimum Gasteiger partial charge on any atom is -0.215 e. The van der Waals surface area contributed by atoms with Crippen molar-refractivity contribution in [2.24, 2.45) is 5.41 Å². The van der Waals surface area contributed by atoms with Crippen molar-refractivity contribution < 1.29 is 8.42 Å². The Morgan fingerprint density at radius 2 is 1.77 bits per heavy atom. The van der Waals surface area contributed by atoms with E-state index in [1.54, 1.807) is 0 Å². The van der Waals surface area contributed by atoms with E-state index >= 15 is 0 Å². The maximum atomic E-state index is 10.9. The van der Waals surface area contributed by atoms with E-state index in [1.165, 1.54) is 25.5 Å². The molecule has 1 N–H and O–H groups in total. The molecule has 4 heteroatoms. The average molecular weight is 205 g/mol. The van der Waals surface area contributed by atoms with Crippen molar-refractivity contribution in [2.75, 3.05) is 12.8 Å². The van der Waals surface area contributed by atoms with E-state index < -0.39 is 10.0 Å². The van der Waals surface area contributed by atoms with Gasteiger partial charge in [0, 0.05) is 6.54 Å². The van der Waals surface area contributed by atoms with Crippen LogP contribution >= 0.6 is 0 Å². The third kappa shape index (κ3) is 4.09. The van der Waals surface area contributed by atoms with Crippen molar-refractivity contribution in [3.8, 4) is 0 Å². The van der Waals surface area contributed by atoms with E-state index in [0.29, 0.717) is 6.54 Å². The van der Waals surface area contributed by atoms with Crippen LogP contribution in [0.3, 0.4) is 0 Å². The summed E-state index contributed by atoms with van der Waals surface area (Å²) in [6.07, 6.45) is 7.29. The van der Waals surface area contributed by atoms with Gasteiger partial charge in [0.05, 0.1) is 6.26 Å². The van der Waals surface area contributed by atoms with Gasteiger partial charge in [-0.3, -0.25) is 0 Å². The molecule has 0 radical (unpaired) electrons. The summed E-state index contributed by atoms with van der Waals surface area (Å²) in [4.78, 5) is 0. The van der Waals surface area contributed by atoms with Gasteiger partial charge in [-0.25, -0.2) is 13.1 Å². The molecule has 1 saturated carbocycles. The highest BCUT2D eigenvalue weighted by Gasteiger charge is 2.27. The average Bonchev–Trinajstić information content (AvgIpc) is 2.02.